The molecular formula is C32H43NO4. The minimum absolute atomic E-state index is 0.0581. The summed E-state index contributed by atoms with van der Waals surface area (Å²) >= 11 is 0. The second-order valence-corrected chi connectivity index (χ2v) is 13.7. The third-order valence-electron chi connectivity index (χ3n) is 11.2. The summed E-state index contributed by atoms with van der Waals surface area (Å²) in [4.78, 5) is 41.7. The summed E-state index contributed by atoms with van der Waals surface area (Å²) in [5.74, 6) is -4.53. The van der Waals surface area contributed by atoms with Crippen molar-refractivity contribution in [3.8, 4) is 6.07 Å². The van der Waals surface area contributed by atoms with Crippen LogP contribution in [0.25, 0.3) is 0 Å². The Balaban J connectivity index is 1.82. The quantitative estimate of drug-likeness (QED) is 0.381. The number of rotatable bonds is 1. The molecule has 5 nitrogen and oxygen atoms in total. The van der Waals surface area contributed by atoms with Crippen LogP contribution in [-0.4, -0.2) is 24.6 Å². The number of carbonyl (C=O) groups is 3. The highest BCUT2D eigenvalue weighted by Crippen LogP contribution is 2.74. The van der Waals surface area contributed by atoms with Crippen LogP contribution in [0.2, 0.25) is 0 Å². The van der Waals surface area contributed by atoms with Gasteiger partial charge in [-0.25, -0.2) is 0 Å². The number of fused-ring (bicyclic) bond motifs is 7. The van der Waals surface area contributed by atoms with E-state index in [2.05, 4.69) is 6.07 Å². The summed E-state index contributed by atoms with van der Waals surface area (Å²) in [5, 5.41) is 9.90. The lowest BCUT2D eigenvalue weighted by Gasteiger charge is -2.68. The number of hydrogen-bond acceptors (Lipinski definition) is 5. The molecule has 0 aromatic rings. The number of nitriles is 1. The summed E-state index contributed by atoms with van der Waals surface area (Å²) in [6, 6.07) is 2.07. The van der Waals surface area contributed by atoms with Crippen LogP contribution < -0.4 is 0 Å². The Morgan fingerprint density at radius 1 is 1.08 bits per heavy atom. The smallest absolute Gasteiger partial charge is 0.312 e. The average molecular weight is 512 g/mol. The molecule has 5 heteroatoms. The van der Waals surface area contributed by atoms with Gasteiger partial charge in [-0.3, -0.25) is 14.4 Å². The SMILES string of the molecule is [2H]C1([2H])[C@H]2[C@H]3C(=O)C=C4[C@@]5(C)C=C(C#N)C(=O)C(C)(C)[C@@H]5CC[C@@]4(C)[C@]3(C)CC[C@@]2(C(=O)OC)C([2H])([2H])C([2H])([2H])C1(C)C. The van der Waals surface area contributed by atoms with E-state index in [-0.39, 0.29) is 30.1 Å². The Hall–Kier alpha value is -2.22. The zero-order valence-corrected chi connectivity index (χ0v) is 23.3. The van der Waals surface area contributed by atoms with Crippen molar-refractivity contribution in [2.24, 2.45) is 50.2 Å². The fourth-order valence-electron chi connectivity index (χ4n) is 9.05. The molecule has 0 saturated heterocycles. The number of Topliss-reactive ketones (excluding diaryl/α,β-unsaturated/α-hetero) is 1. The predicted molar refractivity (Wildman–Crippen MR) is 141 cm³/mol. The van der Waals surface area contributed by atoms with E-state index in [0.29, 0.717) is 12.8 Å². The number of ether oxygens (including phenoxy) is 1. The van der Waals surface area contributed by atoms with Gasteiger partial charge in [0.15, 0.2) is 11.6 Å². The van der Waals surface area contributed by atoms with Crippen molar-refractivity contribution in [3.05, 3.63) is 23.3 Å². The van der Waals surface area contributed by atoms with Crippen LogP contribution in [0.3, 0.4) is 0 Å². The number of hydrogen-bond donors (Lipinski definition) is 0. The summed E-state index contributed by atoms with van der Waals surface area (Å²) in [5.41, 5.74) is -6.66. The van der Waals surface area contributed by atoms with Crippen LogP contribution in [0.15, 0.2) is 23.3 Å². The lowest BCUT2D eigenvalue weighted by Crippen LogP contribution is -2.65. The molecule has 0 aromatic carbocycles. The Labute approximate surface area is 230 Å². The highest BCUT2D eigenvalue weighted by atomic mass is 16.5. The third kappa shape index (κ3) is 3.11. The second-order valence-electron chi connectivity index (χ2n) is 13.7. The Kier molecular flexibility index (Phi) is 4.10. The third-order valence-corrected chi connectivity index (χ3v) is 11.2. The van der Waals surface area contributed by atoms with Gasteiger partial charge >= 0.3 is 5.97 Å². The first-order valence-electron chi connectivity index (χ1n) is 16.4. The summed E-state index contributed by atoms with van der Waals surface area (Å²) in [6.45, 7) is 12.3. The van der Waals surface area contributed by atoms with Crippen LogP contribution >= 0.6 is 0 Å². The zero-order chi connectivity index (χ0) is 32.8. The first kappa shape index (κ1) is 19.8. The first-order chi connectivity index (χ1) is 19.4. The van der Waals surface area contributed by atoms with Gasteiger partial charge in [-0.2, -0.15) is 5.26 Å². The molecule has 37 heavy (non-hydrogen) atoms. The van der Waals surface area contributed by atoms with Crippen LogP contribution in [0.1, 0.15) is 101 Å². The molecule has 7 atom stereocenters. The van der Waals surface area contributed by atoms with Gasteiger partial charge in [0.1, 0.15) is 6.07 Å². The van der Waals surface area contributed by atoms with Crippen molar-refractivity contribution in [3.63, 3.8) is 0 Å². The van der Waals surface area contributed by atoms with Gasteiger partial charge in [0.25, 0.3) is 0 Å². The average Bonchev–Trinajstić information content (AvgIpc) is 2.90. The highest BCUT2D eigenvalue weighted by Gasteiger charge is 2.71. The standard InChI is InChI=1S/C32H43NO4/c1-27(2)11-13-32(26(36)37-8)14-12-31(7)24(20(32)17-27)21(34)15-23-29(5)16-19(18-33)25(35)28(3,4)22(29)9-10-30(23,31)6/h15-16,20,22,24H,9-14,17H2,1-8H3/t20-,22-,24-,29-,30+,31+,32-/m0/s1/i11D2,13D2,17D2. The van der Waals surface area contributed by atoms with Gasteiger partial charge in [0.05, 0.1) is 18.1 Å². The van der Waals surface area contributed by atoms with E-state index in [1.165, 1.54) is 19.9 Å². The first-order valence-corrected chi connectivity index (χ1v) is 13.4. The van der Waals surface area contributed by atoms with Crippen LogP contribution in [0.4, 0.5) is 0 Å². The number of esters is 1. The number of carbonyl (C=O) groups excluding carboxylic acids is 3. The van der Waals surface area contributed by atoms with Gasteiger partial charge in [0, 0.05) is 25.0 Å². The fraction of sp³-hybridized carbons (Fsp3) is 0.750. The van der Waals surface area contributed by atoms with Crippen molar-refractivity contribution in [2.75, 3.05) is 7.11 Å². The van der Waals surface area contributed by atoms with E-state index in [9.17, 15) is 25.1 Å². The lowest BCUT2D eigenvalue weighted by atomic mass is 9.34. The molecule has 200 valence electrons. The van der Waals surface area contributed by atoms with E-state index in [1.807, 2.05) is 34.6 Å². The van der Waals surface area contributed by atoms with E-state index < -0.39 is 75.2 Å². The maximum absolute atomic E-state index is 14.6. The summed E-state index contributed by atoms with van der Waals surface area (Å²) in [6.07, 6.45) is -3.74. The van der Waals surface area contributed by atoms with Crippen molar-refractivity contribution >= 4 is 17.5 Å². The topological polar surface area (TPSA) is 84.2 Å². The molecule has 0 amide bonds. The zero-order valence-electron chi connectivity index (χ0n) is 29.3. The largest absolute Gasteiger partial charge is 0.469 e. The molecule has 5 aliphatic carbocycles. The monoisotopic (exact) mass is 511 g/mol. The molecule has 5 aliphatic rings. The Morgan fingerprint density at radius 2 is 1.76 bits per heavy atom. The minimum Gasteiger partial charge on any atom is -0.469 e. The molecule has 0 heterocycles. The van der Waals surface area contributed by atoms with Gasteiger partial charge in [0.2, 0.25) is 0 Å². The van der Waals surface area contributed by atoms with Gasteiger partial charge in [-0.05, 0) is 79.0 Å². The molecule has 0 radical (unpaired) electrons. The van der Waals surface area contributed by atoms with Crippen molar-refractivity contribution in [1.82, 2.24) is 0 Å². The molecule has 0 unspecified atom stereocenters. The van der Waals surface area contributed by atoms with Gasteiger partial charge in [-0.1, -0.05) is 60.1 Å². The predicted octanol–water partition coefficient (Wildman–Crippen LogP) is 6.38. The van der Waals surface area contributed by atoms with Gasteiger partial charge < -0.3 is 4.74 Å². The molecule has 0 spiro atoms. The van der Waals surface area contributed by atoms with E-state index in [1.54, 1.807) is 6.08 Å². The number of methoxy groups -OCH3 is 1. The van der Waals surface area contributed by atoms with Crippen LogP contribution in [0, 0.1) is 61.6 Å². The minimum atomic E-state index is -2.86. The Bertz CT molecular complexity index is 1460. The molecule has 0 aliphatic heterocycles. The normalized spacial score (nSPS) is 52.1. The molecule has 0 aromatic heterocycles. The van der Waals surface area contributed by atoms with Crippen molar-refractivity contribution in [2.45, 2.75) is 93.3 Å². The highest BCUT2D eigenvalue weighted by molar-refractivity contribution is 6.04. The molecule has 3 fully saturated rings. The lowest BCUT2D eigenvalue weighted by molar-refractivity contribution is -0.191. The van der Waals surface area contributed by atoms with Crippen molar-refractivity contribution < 1.29 is 27.3 Å². The number of nitrogens with zero attached hydrogens (tertiary/aromatic N) is 1. The number of allylic oxidation sites excluding steroid dienone is 4. The maximum Gasteiger partial charge on any atom is 0.312 e. The molecular weight excluding hydrogens is 462 g/mol. The second kappa shape index (κ2) is 7.67. The van der Waals surface area contributed by atoms with Crippen LogP contribution in [0.5, 0.6) is 0 Å². The molecule has 0 bridgehead atoms. The van der Waals surface area contributed by atoms with Crippen molar-refractivity contribution in [1.29, 1.82) is 5.26 Å². The fourth-order valence-corrected chi connectivity index (χ4v) is 9.05. The summed E-state index contributed by atoms with van der Waals surface area (Å²) < 4.78 is 60.4. The Morgan fingerprint density at radius 3 is 2.38 bits per heavy atom. The van der Waals surface area contributed by atoms with Gasteiger partial charge in [-0.15, -0.1) is 0 Å². The van der Waals surface area contributed by atoms with E-state index in [0.717, 1.165) is 12.7 Å². The number of ketones is 2. The molecule has 0 N–H and O–H groups in total. The molecule has 5 rings (SSSR count). The summed E-state index contributed by atoms with van der Waals surface area (Å²) in [7, 11) is 1.10. The molecule has 3 saturated carbocycles. The van der Waals surface area contributed by atoms with E-state index >= 15 is 0 Å². The van der Waals surface area contributed by atoms with E-state index in [4.69, 9.17) is 7.48 Å². The maximum atomic E-state index is 14.6. The van der Waals surface area contributed by atoms with Crippen LogP contribution in [-0.2, 0) is 19.1 Å².